The molecule has 1 atom stereocenters. The molecule has 0 spiro atoms. The number of halogens is 1. The fourth-order valence-corrected chi connectivity index (χ4v) is 3.84. The van der Waals surface area contributed by atoms with E-state index in [4.69, 9.17) is 11.6 Å². The van der Waals surface area contributed by atoms with E-state index in [9.17, 15) is 5.26 Å². The highest BCUT2D eigenvalue weighted by molar-refractivity contribution is 7.09. The third-order valence-electron chi connectivity index (χ3n) is 4.25. The zero-order valence-electron chi connectivity index (χ0n) is 13.7. The molecule has 0 unspecified atom stereocenters. The van der Waals surface area contributed by atoms with Crippen LogP contribution in [0, 0.1) is 11.3 Å². The molecule has 2 aromatic rings. The van der Waals surface area contributed by atoms with Crippen molar-refractivity contribution >= 4 is 28.3 Å². The number of aryl methyl sites for hydroxylation is 1. The summed E-state index contributed by atoms with van der Waals surface area (Å²) in [6.07, 6.45) is 1.87. The Hall–Kier alpha value is -1.68. The number of nitriles is 1. The molecule has 0 bridgehead atoms. The average molecular weight is 362 g/mol. The fraction of sp³-hybridized carbons (Fsp3) is 0.471. The summed E-state index contributed by atoms with van der Waals surface area (Å²) >= 11 is 7.43. The van der Waals surface area contributed by atoms with Gasteiger partial charge in [-0.25, -0.2) is 4.98 Å². The summed E-state index contributed by atoms with van der Waals surface area (Å²) in [5, 5.41) is 11.3. The van der Waals surface area contributed by atoms with Gasteiger partial charge in [0.25, 0.3) is 0 Å². The molecule has 126 valence electrons. The lowest BCUT2D eigenvalue weighted by Gasteiger charge is -2.26. The zero-order valence-corrected chi connectivity index (χ0v) is 15.2. The van der Waals surface area contributed by atoms with E-state index >= 15 is 0 Å². The van der Waals surface area contributed by atoms with Gasteiger partial charge in [0.15, 0.2) is 0 Å². The van der Waals surface area contributed by atoms with E-state index in [0.717, 1.165) is 55.5 Å². The molecule has 0 N–H and O–H groups in total. The molecule has 5 nitrogen and oxygen atoms in total. The molecule has 1 saturated heterocycles. The van der Waals surface area contributed by atoms with Gasteiger partial charge in [0.2, 0.25) is 5.13 Å². The van der Waals surface area contributed by atoms with Crippen molar-refractivity contribution in [1.29, 1.82) is 5.26 Å². The minimum atomic E-state index is -0.233. The Morgan fingerprint density at radius 3 is 2.71 bits per heavy atom. The molecule has 0 radical (unpaired) electrons. The van der Waals surface area contributed by atoms with Crippen LogP contribution in [0.25, 0.3) is 0 Å². The normalized spacial score (nSPS) is 17.3. The van der Waals surface area contributed by atoms with Crippen molar-refractivity contribution < 1.29 is 0 Å². The molecule has 0 aliphatic carbocycles. The van der Waals surface area contributed by atoms with Crippen LogP contribution in [0.3, 0.4) is 0 Å². The van der Waals surface area contributed by atoms with Crippen molar-refractivity contribution in [1.82, 2.24) is 14.3 Å². The Bertz CT molecular complexity index is 709. The summed E-state index contributed by atoms with van der Waals surface area (Å²) < 4.78 is 4.38. The second kappa shape index (κ2) is 7.93. The molecule has 0 saturated carbocycles. The number of anilines is 1. The van der Waals surface area contributed by atoms with Gasteiger partial charge in [-0.05, 0) is 24.1 Å². The van der Waals surface area contributed by atoms with Gasteiger partial charge < -0.3 is 4.90 Å². The van der Waals surface area contributed by atoms with Crippen LogP contribution in [0.1, 0.15) is 30.8 Å². The second-order valence-electron chi connectivity index (χ2n) is 5.81. The molecule has 2 heterocycles. The Labute approximate surface area is 151 Å². The van der Waals surface area contributed by atoms with Crippen molar-refractivity contribution in [2.45, 2.75) is 25.8 Å². The Morgan fingerprint density at radius 2 is 2.04 bits per heavy atom. The maximum absolute atomic E-state index is 9.65. The standard InChI is InChI=1S/C17H20ClN5S/c1-2-16-20-17(24-21-16)23-9-3-8-22(10-11-23)15(12-19)13-4-6-14(18)7-5-13/h4-7,15H,2-3,8-11H2,1H3/t15-/m0/s1. The van der Waals surface area contributed by atoms with Crippen LogP contribution in [-0.4, -0.2) is 40.4 Å². The lowest BCUT2D eigenvalue weighted by molar-refractivity contribution is 0.253. The van der Waals surface area contributed by atoms with Gasteiger partial charge in [-0.2, -0.15) is 9.64 Å². The first kappa shape index (κ1) is 17.2. The highest BCUT2D eigenvalue weighted by Crippen LogP contribution is 2.25. The van der Waals surface area contributed by atoms with E-state index in [1.165, 1.54) is 11.5 Å². The maximum atomic E-state index is 9.65. The van der Waals surface area contributed by atoms with Crippen LogP contribution in [0.4, 0.5) is 5.13 Å². The highest BCUT2D eigenvalue weighted by Gasteiger charge is 2.24. The number of hydrogen-bond acceptors (Lipinski definition) is 6. The second-order valence-corrected chi connectivity index (χ2v) is 6.97. The lowest BCUT2D eigenvalue weighted by atomic mass is 10.1. The number of benzene rings is 1. The van der Waals surface area contributed by atoms with Gasteiger partial charge in [-0.3, -0.25) is 4.90 Å². The molecule has 1 aliphatic heterocycles. The van der Waals surface area contributed by atoms with Crippen LogP contribution >= 0.6 is 23.1 Å². The molecular weight excluding hydrogens is 342 g/mol. The molecule has 24 heavy (non-hydrogen) atoms. The number of aromatic nitrogens is 2. The smallest absolute Gasteiger partial charge is 0.205 e. The number of nitrogens with zero attached hydrogens (tertiary/aromatic N) is 5. The van der Waals surface area contributed by atoms with E-state index in [-0.39, 0.29) is 6.04 Å². The van der Waals surface area contributed by atoms with Gasteiger partial charge in [-0.1, -0.05) is 30.7 Å². The monoisotopic (exact) mass is 361 g/mol. The first-order valence-corrected chi connectivity index (χ1v) is 9.33. The van der Waals surface area contributed by atoms with Crippen LogP contribution in [0.5, 0.6) is 0 Å². The fourth-order valence-electron chi connectivity index (χ4n) is 2.92. The topological polar surface area (TPSA) is 56.1 Å². The minimum Gasteiger partial charge on any atom is -0.346 e. The Morgan fingerprint density at radius 1 is 1.25 bits per heavy atom. The van der Waals surface area contributed by atoms with Crippen molar-refractivity contribution in [2.24, 2.45) is 0 Å². The molecule has 1 aromatic carbocycles. The van der Waals surface area contributed by atoms with Crippen molar-refractivity contribution in [2.75, 3.05) is 31.1 Å². The lowest BCUT2D eigenvalue weighted by Crippen LogP contribution is -2.33. The molecule has 3 rings (SSSR count). The largest absolute Gasteiger partial charge is 0.346 e. The molecule has 1 aromatic heterocycles. The van der Waals surface area contributed by atoms with Gasteiger partial charge in [0.05, 0.1) is 6.07 Å². The predicted molar refractivity (Wildman–Crippen MR) is 97.5 cm³/mol. The Balaban J connectivity index is 1.69. The van der Waals surface area contributed by atoms with E-state index in [1.54, 1.807) is 0 Å². The third kappa shape index (κ3) is 3.86. The van der Waals surface area contributed by atoms with E-state index in [2.05, 4.69) is 32.2 Å². The Kier molecular flexibility index (Phi) is 5.67. The van der Waals surface area contributed by atoms with Crippen LogP contribution in [0.15, 0.2) is 24.3 Å². The van der Waals surface area contributed by atoms with Crippen LogP contribution < -0.4 is 4.90 Å². The van der Waals surface area contributed by atoms with Crippen molar-refractivity contribution in [3.05, 3.63) is 40.7 Å². The maximum Gasteiger partial charge on any atom is 0.205 e. The SMILES string of the molecule is CCc1nsc(N2CCCN([C@@H](C#N)c3ccc(Cl)cc3)CC2)n1. The van der Waals surface area contributed by atoms with Gasteiger partial charge in [0.1, 0.15) is 11.9 Å². The quantitative estimate of drug-likeness (QED) is 0.833. The number of rotatable bonds is 4. The van der Waals surface area contributed by atoms with E-state index < -0.39 is 0 Å². The number of hydrogen-bond donors (Lipinski definition) is 0. The summed E-state index contributed by atoms with van der Waals surface area (Å²) in [4.78, 5) is 9.11. The average Bonchev–Trinajstić information content (AvgIpc) is 2.96. The molecule has 1 fully saturated rings. The van der Waals surface area contributed by atoms with Gasteiger partial charge in [-0.15, -0.1) is 0 Å². The summed E-state index contributed by atoms with van der Waals surface area (Å²) in [7, 11) is 0. The minimum absolute atomic E-state index is 0.233. The van der Waals surface area contributed by atoms with Crippen molar-refractivity contribution in [3.63, 3.8) is 0 Å². The highest BCUT2D eigenvalue weighted by atomic mass is 35.5. The first-order chi connectivity index (χ1) is 11.7. The molecule has 7 heteroatoms. The predicted octanol–water partition coefficient (Wildman–Crippen LogP) is 3.53. The van der Waals surface area contributed by atoms with E-state index in [1.807, 2.05) is 24.3 Å². The summed E-state index contributed by atoms with van der Waals surface area (Å²) in [6.45, 7) is 5.62. The summed E-state index contributed by atoms with van der Waals surface area (Å²) in [6, 6.07) is 9.78. The molecule has 0 amide bonds. The van der Waals surface area contributed by atoms with Gasteiger partial charge in [0, 0.05) is 49.2 Å². The molecule has 1 aliphatic rings. The third-order valence-corrected chi connectivity index (χ3v) is 5.31. The van der Waals surface area contributed by atoms with Gasteiger partial charge >= 0.3 is 0 Å². The van der Waals surface area contributed by atoms with Crippen molar-refractivity contribution in [3.8, 4) is 6.07 Å². The first-order valence-electron chi connectivity index (χ1n) is 8.18. The molecular formula is C17H20ClN5S. The van der Waals surface area contributed by atoms with E-state index in [0.29, 0.717) is 5.02 Å². The summed E-state index contributed by atoms with van der Waals surface area (Å²) in [5.41, 5.74) is 1.000. The van der Waals surface area contributed by atoms with Crippen LogP contribution in [-0.2, 0) is 6.42 Å². The zero-order chi connectivity index (χ0) is 16.9. The summed E-state index contributed by atoms with van der Waals surface area (Å²) in [5.74, 6) is 0.909. The van der Waals surface area contributed by atoms with Crippen LogP contribution in [0.2, 0.25) is 5.02 Å².